The van der Waals surface area contributed by atoms with Crippen molar-refractivity contribution in [1.29, 1.82) is 0 Å². The molecule has 0 bridgehead atoms. The molecule has 0 spiro atoms. The number of H-pyrrole nitrogens is 1. The minimum atomic E-state index is -0.543. The fraction of sp³-hybridized carbons (Fsp3) is 0.381. The number of thioether (sulfide) groups is 1. The average Bonchev–Trinajstić information content (AvgIpc) is 2.59. The van der Waals surface area contributed by atoms with Crippen LogP contribution in [0.2, 0.25) is 0 Å². The highest BCUT2D eigenvalue weighted by atomic mass is 32.2. The summed E-state index contributed by atoms with van der Waals surface area (Å²) in [6, 6.07) is 6.76. The molecule has 3 N–H and O–H groups in total. The van der Waals surface area contributed by atoms with Crippen molar-refractivity contribution in [2.75, 3.05) is 11.1 Å². The van der Waals surface area contributed by atoms with E-state index in [4.69, 9.17) is 0 Å². The van der Waals surface area contributed by atoms with Gasteiger partial charge in [-0.25, -0.2) is 4.98 Å². The summed E-state index contributed by atoms with van der Waals surface area (Å²) in [6.07, 6.45) is 1.13. The van der Waals surface area contributed by atoms with Gasteiger partial charge in [0.1, 0.15) is 11.6 Å². The van der Waals surface area contributed by atoms with Crippen LogP contribution in [0.4, 0.5) is 5.82 Å². The highest BCUT2D eigenvalue weighted by molar-refractivity contribution is 7.99. The van der Waals surface area contributed by atoms with Crippen molar-refractivity contribution in [2.45, 2.75) is 44.7 Å². The maximum absolute atomic E-state index is 13.1. The Hall–Kier alpha value is -2.54. The van der Waals surface area contributed by atoms with Crippen LogP contribution in [0.25, 0.3) is 0 Å². The number of carbonyl (C=O) groups is 1. The van der Waals surface area contributed by atoms with Crippen molar-refractivity contribution in [1.82, 2.24) is 9.97 Å². The first-order valence-corrected chi connectivity index (χ1v) is 10.4. The zero-order chi connectivity index (χ0) is 20.1. The normalized spacial score (nSPS) is 20.4. The quantitative estimate of drug-likeness (QED) is 0.539. The van der Waals surface area contributed by atoms with E-state index in [-0.39, 0.29) is 22.5 Å². The maximum atomic E-state index is 13.1. The van der Waals surface area contributed by atoms with Crippen molar-refractivity contribution < 1.29 is 9.90 Å². The molecule has 1 aromatic carbocycles. The van der Waals surface area contributed by atoms with Crippen LogP contribution in [-0.2, 0) is 4.79 Å². The van der Waals surface area contributed by atoms with Crippen LogP contribution in [0.15, 0.2) is 45.5 Å². The van der Waals surface area contributed by atoms with Gasteiger partial charge in [0.2, 0.25) is 0 Å². The van der Waals surface area contributed by atoms with Crippen LogP contribution < -0.4 is 10.9 Å². The Labute approximate surface area is 167 Å². The molecule has 2 aromatic rings. The van der Waals surface area contributed by atoms with E-state index >= 15 is 0 Å². The third kappa shape index (κ3) is 3.24. The number of allylic oxidation sites excluding steroid dienone is 2. The lowest BCUT2D eigenvalue weighted by Gasteiger charge is -2.38. The molecular formula is C21H23N3O3S. The van der Waals surface area contributed by atoms with Crippen LogP contribution in [0.3, 0.4) is 0 Å². The van der Waals surface area contributed by atoms with Gasteiger partial charge in [-0.05, 0) is 35.3 Å². The lowest BCUT2D eigenvalue weighted by molar-refractivity contribution is -0.118. The smallest absolute Gasteiger partial charge is 0.257 e. The number of phenols is 1. The number of Topliss-reactive ketones (excluding diaryl/α,β-unsaturated/α-hetero) is 1. The Morgan fingerprint density at radius 3 is 2.79 bits per heavy atom. The van der Waals surface area contributed by atoms with E-state index in [9.17, 15) is 14.7 Å². The summed E-state index contributed by atoms with van der Waals surface area (Å²) in [5, 5.41) is 13.8. The third-order valence-electron chi connectivity index (χ3n) is 5.18. The number of nitrogens with zero attached hydrogens (tertiary/aromatic N) is 1. The van der Waals surface area contributed by atoms with E-state index in [0.29, 0.717) is 40.5 Å². The SMILES string of the molecule is CCSc1nc2c(c(=O)[nH]1)C(c1cccc(O)c1)C1=C(CC(C)(C)CC1=O)N2. The molecule has 0 saturated heterocycles. The largest absolute Gasteiger partial charge is 0.508 e. The summed E-state index contributed by atoms with van der Waals surface area (Å²) in [5.74, 6) is 0.878. The standard InChI is InChI=1S/C21H23N3O3S/c1-4-28-20-23-18-17(19(27)24-20)15(11-6-5-7-12(25)8-11)16-13(22-18)9-21(2,3)10-14(16)26/h5-8,15,25H,4,9-10H2,1-3H3,(H2,22,23,24,27). The summed E-state index contributed by atoms with van der Waals surface area (Å²) in [6.45, 7) is 6.13. The summed E-state index contributed by atoms with van der Waals surface area (Å²) >= 11 is 1.46. The van der Waals surface area contributed by atoms with E-state index < -0.39 is 5.92 Å². The molecule has 1 aliphatic heterocycles. The summed E-state index contributed by atoms with van der Waals surface area (Å²) in [7, 11) is 0. The molecule has 1 unspecified atom stereocenters. The Bertz CT molecular complexity index is 1060. The summed E-state index contributed by atoms with van der Waals surface area (Å²) < 4.78 is 0. The summed E-state index contributed by atoms with van der Waals surface area (Å²) in [4.78, 5) is 33.5. The number of nitrogens with one attached hydrogen (secondary N) is 2. The van der Waals surface area contributed by atoms with Crippen LogP contribution >= 0.6 is 11.8 Å². The predicted octanol–water partition coefficient (Wildman–Crippen LogP) is 3.79. The number of carbonyl (C=O) groups excluding carboxylic acids is 1. The number of hydrogen-bond acceptors (Lipinski definition) is 6. The number of fused-ring (bicyclic) bond motifs is 1. The zero-order valence-corrected chi connectivity index (χ0v) is 16.9. The topological polar surface area (TPSA) is 95.1 Å². The highest BCUT2D eigenvalue weighted by Crippen LogP contribution is 2.47. The van der Waals surface area contributed by atoms with E-state index in [1.54, 1.807) is 18.2 Å². The Morgan fingerprint density at radius 1 is 1.29 bits per heavy atom. The van der Waals surface area contributed by atoms with E-state index in [2.05, 4.69) is 29.1 Å². The Morgan fingerprint density at radius 2 is 2.07 bits per heavy atom. The molecule has 0 saturated carbocycles. The molecule has 0 amide bonds. The second-order valence-corrected chi connectivity index (χ2v) is 9.31. The van der Waals surface area contributed by atoms with Crippen LogP contribution in [0.5, 0.6) is 5.75 Å². The van der Waals surface area contributed by atoms with E-state index in [1.165, 1.54) is 11.8 Å². The monoisotopic (exact) mass is 397 g/mol. The van der Waals surface area contributed by atoms with Gasteiger partial charge in [0.15, 0.2) is 10.9 Å². The van der Waals surface area contributed by atoms with Crippen LogP contribution in [0, 0.1) is 5.41 Å². The van der Waals surface area contributed by atoms with Crippen molar-refractivity contribution in [3.63, 3.8) is 0 Å². The lowest BCUT2D eigenvalue weighted by Crippen LogP contribution is -2.37. The minimum Gasteiger partial charge on any atom is -0.508 e. The van der Waals surface area contributed by atoms with Crippen LogP contribution in [-0.4, -0.2) is 26.6 Å². The first kappa shape index (κ1) is 18.8. The summed E-state index contributed by atoms with van der Waals surface area (Å²) in [5.41, 5.74) is 2.16. The molecule has 1 atom stereocenters. The van der Waals surface area contributed by atoms with Gasteiger partial charge in [0.05, 0.1) is 5.56 Å². The van der Waals surface area contributed by atoms with Gasteiger partial charge in [0.25, 0.3) is 5.56 Å². The number of ketones is 1. The van der Waals surface area contributed by atoms with Crippen LogP contribution in [0.1, 0.15) is 50.7 Å². The number of rotatable bonds is 3. The van der Waals surface area contributed by atoms with Gasteiger partial charge in [-0.15, -0.1) is 0 Å². The Kier molecular flexibility index (Phi) is 4.57. The Balaban J connectivity index is 1.96. The van der Waals surface area contributed by atoms with Gasteiger partial charge in [-0.3, -0.25) is 9.59 Å². The van der Waals surface area contributed by atoms with Crippen molar-refractivity contribution in [3.8, 4) is 5.75 Å². The van der Waals surface area contributed by atoms with Gasteiger partial charge in [0, 0.05) is 23.6 Å². The number of anilines is 1. The first-order chi connectivity index (χ1) is 13.3. The van der Waals surface area contributed by atoms with Gasteiger partial charge >= 0.3 is 0 Å². The lowest BCUT2D eigenvalue weighted by atomic mass is 9.69. The minimum absolute atomic E-state index is 0.0316. The second-order valence-electron chi connectivity index (χ2n) is 8.05. The number of aromatic hydroxyl groups is 1. The fourth-order valence-corrected chi connectivity index (χ4v) is 4.73. The number of phenolic OH excluding ortho intramolecular Hbond substituents is 1. The molecule has 4 rings (SSSR count). The number of hydrogen-bond donors (Lipinski definition) is 3. The van der Waals surface area contributed by atoms with Crippen molar-refractivity contribution in [3.05, 3.63) is 57.0 Å². The highest BCUT2D eigenvalue weighted by Gasteiger charge is 2.42. The van der Waals surface area contributed by atoms with Gasteiger partial charge in [-0.1, -0.05) is 44.7 Å². The molecule has 28 heavy (non-hydrogen) atoms. The predicted molar refractivity (Wildman–Crippen MR) is 110 cm³/mol. The second kappa shape index (κ2) is 6.81. The molecule has 2 aliphatic rings. The molecule has 6 nitrogen and oxygen atoms in total. The average molecular weight is 398 g/mol. The van der Waals surface area contributed by atoms with Gasteiger partial charge in [-0.2, -0.15) is 0 Å². The van der Waals surface area contributed by atoms with E-state index in [0.717, 1.165) is 11.4 Å². The molecule has 2 heterocycles. The molecule has 1 aliphatic carbocycles. The zero-order valence-electron chi connectivity index (χ0n) is 16.1. The molecule has 0 fully saturated rings. The van der Waals surface area contributed by atoms with Gasteiger partial charge < -0.3 is 15.4 Å². The van der Waals surface area contributed by atoms with Crippen molar-refractivity contribution in [2.24, 2.45) is 5.41 Å². The van der Waals surface area contributed by atoms with Crippen molar-refractivity contribution >= 4 is 23.4 Å². The third-order valence-corrected chi connectivity index (χ3v) is 5.94. The fourth-order valence-electron chi connectivity index (χ4n) is 4.14. The molecule has 1 aromatic heterocycles. The molecule has 0 radical (unpaired) electrons. The number of aromatic nitrogens is 2. The molecule has 7 heteroatoms. The molecule has 146 valence electrons. The number of aromatic amines is 1. The molecular weight excluding hydrogens is 374 g/mol. The van der Waals surface area contributed by atoms with E-state index in [1.807, 2.05) is 13.0 Å². The number of benzene rings is 1. The maximum Gasteiger partial charge on any atom is 0.257 e. The first-order valence-electron chi connectivity index (χ1n) is 9.38.